The fourth-order valence-electron chi connectivity index (χ4n) is 2.04. The van der Waals surface area contributed by atoms with Crippen LogP contribution in [0.2, 0.25) is 0 Å². The number of sulfonamides is 1. The van der Waals surface area contributed by atoms with Crippen molar-refractivity contribution in [1.82, 2.24) is 5.32 Å². The number of nitrogens with two attached hydrogens (primary N) is 1. The van der Waals surface area contributed by atoms with Gasteiger partial charge in [0.05, 0.1) is 10.1 Å². The molecule has 3 N–H and O–H groups in total. The zero-order valence-corrected chi connectivity index (χ0v) is 14.9. The number of carbonyl (C=O) groups is 1. The van der Waals surface area contributed by atoms with Gasteiger partial charge in [-0.1, -0.05) is 42.5 Å². The smallest absolute Gasteiger partial charge is 0.238 e. The first-order valence-electron chi connectivity index (χ1n) is 7.41. The maximum atomic E-state index is 12.1. The molecule has 1 amide bonds. The van der Waals surface area contributed by atoms with E-state index in [1.807, 2.05) is 37.3 Å². The Labute approximate surface area is 146 Å². The van der Waals surface area contributed by atoms with E-state index in [0.29, 0.717) is 5.56 Å². The van der Waals surface area contributed by atoms with E-state index in [1.54, 1.807) is 23.9 Å². The number of carbonyl (C=O) groups excluding carboxylic acids is 1. The van der Waals surface area contributed by atoms with Gasteiger partial charge < -0.3 is 5.32 Å². The second-order valence-corrected chi connectivity index (χ2v) is 8.24. The van der Waals surface area contributed by atoms with Crippen LogP contribution in [0.5, 0.6) is 0 Å². The molecule has 7 heteroatoms. The van der Waals surface area contributed by atoms with Gasteiger partial charge >= 0.3 is 0 Å². The van der Waals surface area contributed by atoms with Gasteiger partial charge in [0.2, 0.25) is 15.9 Å². The third-order valence-corrected chi connectivity index (χ3v) is 5.53. The largest absolute Gasteiger partial charge is 0.351 e. The average Bonchev–Trinajstić information content (AvgIpc) is 2.58. The molecule has 0 aliphatic carbocycles. The number of hydrogen-bond acceptors (Lipinski definition) is 4. The van der Waals surface area contributed by atoms with E-state index in [0.717, 1.165) is 5.75 Å². The molecule has 1 atom stereocenters. The van der Waals surface area contributed by atoms with Crippen LogP contribution in [0.1, 0.15) is 18.1 Å². The minimum absolute atomic E-state index is 0.0424. The molecule has 0 saturated carbocycles. The molecular formula is C17H20N2O3S2. The molecule has 0 radical (unpaired) electrons. The Kier molecular flexibility index (Phi) is 6.42. The SMILES string of the molecule is CC(SCc1ccccc1)C(=O)NCc1cccc(S(N)(=O)=O)c1. The molecule has 0 bridgehead atoms. The van der Waals surface area contributed by atoms with E-state index < -0.39 is 10.0 Å². The zero-order chi connectivity index (χ0) is 17.6. The molecule has 0 aliphatic heterocycles. The molecule has 0 aromatic heterocycles. The van der Waals surface area contributed by atoms with Gasteiger partial charge in [-0.2, -0.15) is 0 Å². The Hall–Kier alpha value is -1.83. The fourth-order valence-corrected chi connectivity index (χ4v) is 3.49. The van der Waals surface area contributed by atoms with Crippen molar-refractivity contribution >= 4 is 27.7 Å². The Balaban J connectivity index is 1.86. The van der Waals surface area contributed by atoms with Crippen LogP contribution in [-0.4, -0.2) is 19.6 Å². The monoisotopic (exact) mass is 364 g/mol. The number of nitrogens with one attached hydrogen (secondary N) is 1. The Morgan fingerprint density at radius 3 is 2.46 bits per heavy atom. The zero-order valence-electron chi connectivity index (χ0n) is 13.3. The lowest BCUT2D eigenvalue weighted by molar-refractivity contribution is -0.120. The second kappa shape index (κ2) is 8.32. The molecule has 0 saturated heterocycles. The molecule has 5 nitrogen and oxygen atoms in total. The first-order valence-corrected chi connectivity index (χ1v) is 10.0. The number of rotatable bonds is 7. The van der Waals surface area contributed by atoms with Crippen LogP contribution < -0.4 is 10.5 Å². The summed E-state index contributed by atoms with van der Waals surface area (Å²) in [6, 6.07) is 16.2. The summed E-state index contributed by atoms with van der Waals surface area (Å²) in [5.74, 6) is 0.674. The van der Waals surface area contributed by atoms with E-state index in [1.165, 1.54) is 17.7 Å². The average molecular weight is 364 g/mol. The lowest BCUT2D eigenvalue weighted by atomic mass is 10.2. The van der Waals surface area contributed by atoms with Gasteiger partial charge in [-0.15, -0.1) is 11.8 Å². The van der Waals surface area contributed by atoms with Gasteiger partial charge in [0.1, 0.15) is 0 Å². The molecule has 0 heterocycles. The minimum Gasteiger partial charge on any atom is -0.351 e. The van der Waals surface area contributed by atoms with E-state index in [-0.39, 0.29) is 22.6 Å². The van der Waals surface area contributed by atoms with Crippen LogP contribution in [0.4, 0.5) is 0 Å². The van der Waals surface area contributed by atoms with Crippen molar-refractivity contribution in [1.29, 1.82) is 0 Å². The summed E-state index contributed by atoms with van der Waals surface area (Å²) < 4.78 is 22.7. The van der Waals surface area contributed by atoms with Gasteiger partial charge in [0, 0.05) is 12.3 Å². The molecule has 2 rings (SSSR count). The maximum Gasteiger partial charge on any atom is 0.238 e. The summed E-state index contributed by atoms with van der Waals surface area (Å²) >= 11 is 1.55. The number of hydrogen-bond donors (Lipinski definition) is 2. The van der Waals surface area contributed by atoms with E-state index in [2.05, 4.69) is 5.32 Å². The summed E-state index contributed by atoms with van der Waals surface area (Å²) in [5.41, 5.74) is 1.86. The Morgan fingerprint density at radius 2 is 1.79 bits per heavy atom. The predicted molar refractivity (Wildman–Crippen MR) is 96.9 cm³/mol. The highest BCUT2D eigenvalue weighted by atomic mass is 32.2. The first kappa shape index (κ1) is 18.5. The minimum atomic E-state index is -3.74. The third-order valence-electron chi connectivity index (χ3n) is 3.41. The molecule has 24 heavy (non-hydrogen) atoms. The molecule has 0 spiro atoms. The molecule has 0 aliphatic rings. The second-order valence-electron chi connectivity index (χ2n) is 5.35. The van der Waals surface area contributed by atoms with E-state index in [4.69, 9.17) is 5.14 Å². The van der Waals surface area contributed by atoms with Crippen molar-refractivity contribution in [3.8, 4) is 0 Å². The lowest BCUT2D eigenvalue weighted by Crippen LogP contribution is -2.30. The fraction of sp³-hybridized carbons (Fsp3) is 0.235. The van der Waals surface area contributed by atoms with Gasteiger partial charge in [-0.05, 0) is 30.2 Å². The van der Waals surface area contributed by atoms with E-state index in [9.17, 15) is 13.2 Å². The third kappa shape index (κ3) is 5.67. The van der Waals surface area contributed by atoms with Gasteiger partial charge in [-0.25, -0.2) is 13.6 Å². The summed E-state index contributed by atoms with van der Waals surface area (Å²) in [5, 5.41) is 7.72. The summed E-state index contributed by atoms with van der Waals surface area (Å²) in [7, 11) is -3.74. The van der Waals surface area contributed by atoms with Crippen molar-refractivity contribution in [2.45, 2.75) is 29.4 Å². The summed E-state index contributed by atoms with van der Waals surface area (Å²) in [4.78, 5) is 12.2. The highest BCUT2D eigenvalue weighted by Gasteiger charge is 2.14. The van der Waals surface area contributed by atoms with Crippen LogP contribution in [0, 0.1) is 0 Å². The summed E-state index contributed by atoms with van der Waals surface area (Å²) in [6.45, 7) is 2.11. The van der Waals surface area contributed by atoms with Crippen LogP contribution in [0.3, 0.4) is 0 Å². The number of amides is 1. The lowest BCUT2D eigenvalue weighted by Gasteiger charge is -2.12. The van der Waals surface area contributed by atoms with Crippen molar-refractivity contribution in [2.24, 2.45) is 5.14 Å². The van der Waals surface area contributed by atoms with Crippen molar-refractivity contribution in [2.75, 3.05) is 0 Å². The first-order chi connectivity index (χ1) is 11.4. The Morgan fingerprint density at radius 1 is 1.12 bits per heavy atom. The van der Waals surface area contributed by atoms with Crippen LogP contribution >= 0.6 is 11.8 Å². The number of primary sulfonamides is 1. The van der Waals surface area contributed by atoms with Gasteiger partial charge in [0.25, 0.3) is 0 Å². The van der Waals surface area contributed by atoms with Crippen LogP contribution in [-0.2, 0) is 27.1 Å². The topological polar surface area (TPSA) is 89.3 Å². The molecular weight excluding hydrogens is 344 g/mol. The molecule has 0 fully saturated rings. The predicted octanol–water partition coefficient (Wildman–Crippen LogP) is 2.27. The van der Waals surface area contributed by atoms with Crippen molar-refractivity contribution < 1.29 is 13.2 Å². The highest BCUT2D eigenvalue weighted by Crippen LogP contribution is 2.18. The Bertz CT molecular complexity index is 792. The quantitative estimate of drug-likeness (QED) is 0.789. The molecule has 1 unspecified atom stereocenters. The molecule has 2 aromatic rings. The van der Waals surface area contributed by atoms with Gasteiger partial charge in [0.15, 0.2) is 0 Å². The highest BCUT2D eigenvalue weighted by molar-refractivity contribution is 7.99. The normalized spacial score (nSPS) is 12.6. The van der Waals surface area contributed by atoms with Gasteiger partial charge in [-0.3, -0.25) is 4.79 Å². The standard InChI is InChI=1S/C17H20N2O3S2/c1-13(23-12-14-6-3-2-4-7-14)17(20)19-11-15-8-5-9-16(10-15)24(18,21)22/h2-10,13H,11-12H2,1H3,(H,19,20)(H2,18,21,22). The maximum absolute atomic E-state index is 12.1. The van der Waals surface area contributed by atoms with Crippen LogP contribution in [0.25, 0.3) is 0 Å². The number of benzene rings is 2. The van der Waals surface area contributed by atoms with Crippen molar-refractivity contribution in [3.63, 3.8) is 0 Å². The van der Waals surface area contributed by atoms with E-state index >= 15 is 0 Å². The molecule has 2 aromatic carbocycles. The van der Waals surface area contributed by atoms with Crippen molar-refractivity contribution in [3.05, 3.63) is 65.7 Å². The summed E-state index contributed by atoms with van der Waals surface area (Å²) in [6.07, 6.45) is 0. The van der Waals surface area contributed by atoms with Crippen LogP contribution in [0.15, 0.2) is 59.5 Å². The number of thioether (sulfide) groups is 1. The molecule has 128 valence electrons.